The molecule has 0 unspecified atom stereocenters. The molecule has 0 radical (unpaired) electrons. The van der Waals surface area contributed by atoms with Crippen LogP contribution in [-0.2, 0) is 0 Å². The first kappa shape index (κ1) is 10.1. The number of benzene rings is 1. The highest BCUT2D eigenvalue weighted by atomic mass is 35.5. The molecule has 7 heteroatoms. The third kappa shape index (κ3) is 1.84. The number of rotatable bonds is 1. The van der Waals surface area contributed by atoms with Gasteiger partial charge in [-0.1, -0.05) is 23.2 Å². The van der Waals surface area contributed by atoms with E-state index >= 15 is 0 Å². The number of halogens is 2. The van der Waals surface area contributed by atoms with E-state index in [2.05, 4.69) is 10.1 Å². The Morgan fingerprint density at radius 2 is 1.87 bits per heavy atom. The normalized spacial score (nSPS) is 10.5. The maximum atomic E-state index is 5.86. The van der Waals surface area contributed by atoms with E-state index in [1.54, 1.807) is 18.2 Å². The first-order valence-electron chi connectivity index (χ1n) is 4.01. The van der Waals surface area contributed by atoms with E-state index in [-0.39, 0.29) is 11.9 Å². The molecule has 0 aliphatic carbocycles. The number of nitrogen functional groups attached to an aromatic ring is 2. The van der Waals surface area contributed by atoms with E-state index < -0.39 is 0 Å². The Morgan fingerprint density at radius 3 is 2.40 bits per heavy atom. The van der Waals surface area contributed by atoms with E-state index in [0.29, 0.717) is 15.7 Å². The number of aromatic nitrogens is 3. The van der Waals surface area contributed by atoms with Crippen LogP contribution in [0.5, 0.6) is 0 Å². The van der Waals surface area contributed by atoms with Gasteiger partial charge in [0.25, 0.3) is 0 Å². The zero-order chi connectivity index (χ0) is 11.0. The molecule has 0 bridgehead atoms. The second-order valence-electron chi connectivity index (χ2n) is 2.84. The lowest BCUT2D eigenvalue weighted by molar-refractivity contribution is 0.896. The predicted molar refractivity (Wildman–Crippen MR) is 60.2 cm³/mol. The van der Waals surface area contributed by atoms with Gasteiger partial charge in [-0.2, -0.15) is 9.67 Å². The summed E-state index contributed by atoms with van der Waals surface area (Å²) in [5, 5.41) is 4.79. The quantitative estimate of drug-likeness (QED) is 0.800. The second-order valence-corrected chi connectivity index (χ2v) is 3.65. The first-order chi connectivity index (χ1) is 7.08. The molecule has 2 rings (SSSR count). The summed E-state index contributed by atoms with van der Waals surface area (Å²) in [5.74, 6) is 0.310. The highest BCUT2D eigenvalue weighted by molar-refractivity contribution is 6.42. The van der Waals surface area contributed by atoms with Crippen LogP contribution in [0.2, 0.25) is 10.0 Å². The predicted octanol–water partition coefficient (Wildman–Crippen LogP) is 1.74. The number of nitrogens with zero attached hydrogens (tertiary/aromatic N) is 3. The molecule has 0 fully saturated rings. The number of hydrogen-bond acceptors (Lipinski definition) is 4. The van der Waals surface area contributed by atoms with Gasteiger partial charge in [-0.15, -0.1) is 5.10 Å². The van der Waals surface area contributed by atoms with Gasteiger partial charge in [-0.25, -0.2) is 0 Å². The van der Waals surface area contributed by atoms with Crippen molar-refractivity contribution in [2.24, 2.45) is 0 Å². The average Bonchev–Trinajstić information content (AvgIpc) is 2.50. The van der Waals surface area contributed by atoms with Crippen molar-refractivity contribution in [3.8, 4) is 5.69 Å². The van der Waals surface area contributed by atoms with Crippen molar-refractivity contribution in [1.82, 2.24) is 14.8 Å². The van der Waals surface area contributed by atoms with Crippen LogP contribution >= 0.6 is 23.2 Å². The molecule has 5 nitrogen and oxygen atoms in total. The van der Waals surface area contributed by atoms with E-state index in [9.17, 15) is 0 Å². The Labute approximate surface area is 95.6 Å². The fraction of sp³-hybridized carbons (Fsp3) is 0. The molecule has 4 N–H and O–H groups in total. The van der Waals surface area contributed by atoms with Gasteiger partial charge in [0.2, 0.25) is 11.9 Å². The summed E-state index contributed by atoms with van der Waals surface area (Å²) in [7, 11) is 0. The smallest absolute Gasteiger partial charge is 0.241 e. The van der Waals surface area contributed by atoms with E-state index in [1.165, 1.54) is 4.68 Å². The number of nitrogens with two attached hydrogens (primary N) is 2. The molecular weight excluding hydrogens is 237 g/mol. The Bertz CT molecular complexity index is 508. The summed E-state index contributed by atoms with van der Waals surface area (Å²) in [5.41, 5.74) is 11.7. The molecule has 1 heterocycles. The fourth-order valence-electron chi connectivity index (χ4n) is 1.15. The summed E-state index contributed by atoms with van der Waals surface area (Å²) in [6, 6.07) is 5.00. The van der Waals surface area contributed by atoms with E-state index in [0.717, 1.165) is 0 Å². The lowest BCUT2D eigenvalue weighted by atomic mass is 10.3. The van der Waals surface area contributed by atoms with E-state index in [4.69, 9.17) is 34.7 Å². The Kier molecular flexibility index (Phi) is 2.42. The average molecular weight is 244 g/mol. The third-order valence-electron chi connectivity index (χ3n) is 1.80. The van der Waals surface area contributed by atoms with Crippen molar-refractivity contribution in [2.75, 3.05) is 11.5 Å². The maximum Gasteiger partial charge on any atom is 0.241 e. The van der Waals surface area contributed by atoms with Gasteiger partial charge >= 0.3 is 0 Å². The SMILES string of the molecule is Nc1nc(N)n(-c2ccc(Cl)c(Cl)c2)n1. The minimum Gasteiger partial charge on any atom is -0.368 e. The van der Waals surface area contributed by atoms with Crippen molar-refractivity contribution < 1.29 is 0 Å². The third-order valence-corrected chi connectivity index (χ3v) is 2.54. The fourth-order valence-corrected chi connectivity index (χ4v) is 1.44. The van der Waals surface area contributed by atoms with Crippen LogP contribution < -0.4 is 11.5 Å². The number of hydrogen-bond donors (Lipinski definition) is 2. The molecule has 0 spiro atoms. The standard InChI is InChI=1S/C8H7Cl2N5/c9-5-2-1-4(3-6(5)10)15-8(12)13-7(11)14-15/h1-3H,(H4,11,12,13,14). The first-order valence-corrected chi connectivity index (χ1v) is 4.77. The minimum absolute atomic E-state index is 0.110. The Hall–Kier alpha value is -1.46. The van der Waals surface area contributed by atoms with Gasteiger partial charge in [-0.05, 0) is 18.2 Å². The van der Waals surface area contributed by atoms with Crippen LogP contribution in [0.3, 0.4) is 0 Å². The van der Waals surface area contributed by atoms with E-state index in [1.807, 2.05) is 0 Å². The van der Waals surface area contributed by atoms with Crippen molar-refractivity contribution in [3.05, 3.63) is 28.2 Å². The number of anilines is 2. The molecule has 1 aromatic carbocycles. The molecule has 0 aliphatic rings. The molecule has 0 aliphatic heterocycles. The van der Waals surface area contributed by atoms with Gasteiger partial charge in [0.05, 0.1) is 15.7 Å². The summed E-state index contributed by atoms with van der Waals surface area (Å²) in [4.78, 5) is 3.77. The molecule has 0 saturated heterocycles. The van der Waals surface area contributed by atoms with Crippen molar-refractivity contribution in [1.29, 1.82) is 0 Å². The van der Waals surface area contributed by atoms with Crippen LogP contribution in [0.15, 0.2) is 18.2 Å². The van der Waals surface area contributed by atoms with Gasteiger partial charge in [0, 0.05) is 0 Å². The molecule has 0 saturated carbocycles. The van der Waals surface area contributed by atoms with Crippen molar-refractivity contribution in [3.63, 3.8) is 0 Å². The maximum absolute atomic E-state index is 5.86. The van der Waals surface area contributed by atoms with Crippen molar-refractivity contribution >= 4 is 35.1 Å². The van der Waals surface area contributed by atoms with Gasteiger partial charge in [0.15, 0.2) is 0 Å². The molecule has 0 atom stereocenters. The van der Waals surface area contributed by atoms with Crippen molar-refractivity contribution in [2.45, 2.75) is 0 Å². The van der Waals surface area contributed by atoms with Gasteiger partial charge in [-0.3, -0.25) is 0 Å². The molecule has 1 aromatic heterocycles. The Morgan fingerprint density at radius 1 is 1.13 bits per heavy atom. The molecule has 78 valence electrons. The highest BCUT2D eigenvalue weighted by Crippen LogP contribution is 2.25. The minimum atomic E-state index is 0.110. The van der Waals surface area contributed by atoms with Gasteiger partial charge < -0.3 is 11.5 Å². The van der Waals surface area contributed by atoms with Crippen LogP contribution in [0.1, 0.15) is 0 Å². The van der Waals surface area contributed by atoms with Crippen LogP contribution in [0.4, 0.5) is 11.9 Å². The van der Waals surface area contributed by atoms with Crippen LogP contribution in [0.25, 0.3) is 5.69 Å². The lowest BCUT2D eigenvalue weighted by Gasteiger charge is -2.03. The highest BCUT2D eigenvalue weighted by Gasteiger charge is 2.07. The summed E-state index contributed by atoms with van der Waals surface area (Å²) < 4.78 is 1.39. The zero-order valence-corrected chi connectivity index (χ0v) is 9.00. The Balaban J connectivity index is 2.54. The molecule has 0 amide bonds. The monoisotopic (exact) mass is 243 g/mol. The summed E-state index contributed by atoms with van der Waals surface area (Å²) in [6.45, 7) is 0. The van der Waals surface area contributed by atoms with Crippen LogP contribution in [-0.4, -0.2) is 14.8 Å². The summed E-state index contributed by atoms with van der Waals surface area (Å²) >= 11 is 11.6. The summed E-state index contributed by atoms with van der Waals surface area (Å²) in [6.07, 6.45) is 0. The lowest BCUT2D eigenvalue weighted by Crippen LogP contribution is -2.02. The molecular formula is C8H7Cl2N5. The molecule has 2 aromatic rings. The largest absolute Gasteiger partial charge is 0.368 e. The van der Waals surface area contributed by atoms with Gasteiger partial charge in [0.1, 0.15) is 0 Å². The topological polar surface area (TPSA) is 82.7 Å². The zero-order valence-electron chi connectivity index (χ0n) is 7.48. The second kappa shape index (κ2) is 3.60. The van der Waals surface area contributed by atoms with Crippen LogP contribution in [0, 0.1) is 0 Å². The molecule has 15 heavy (non-hydrogen) atoms.